The summed E-state index contributed by atoms with van der Waals surface area (Å²) in [4.78, 5) is 11.6. The maximum Gasteiger partial charge on any atom is 0.251 e. The molecule has 2 N–H and O–H groups in total. The minimum atomic E-state index is -3.78. The summed E-state index contributed by atoms with van der Waals surface area (Å²) in [6.45, 7) is 0.162. The lowest BCUT2D eigenvalue weighted by Crippen LogP contribution is -2.32. The summed E-state index contributed by atoms with van der Waals surface area (Å²) < 4.78 is 34.5. The van der Waals surface area contributed by atoms with Crippen LogP contribution in [0.1, 0.15) is 22.1 Å². The van der Waals surface area contributed by atoms with Crippen molar-refractivity contribution >= 4 is 15.9 Å². The van der Waals surface area contributed by atoms with Gasteiger partial charge in [-0.05, 0) is 30.3 Å². The van der Waals surface area contributed by atoms with Crippen LogP contribution in [0.3, 0.4) is 0 Å². The zero-order chi connectivity index (χ0) is 17.7. The fraction of sp³-hybridized carbons (Fsp3) is 0.333. The van der Waals surface area contributed by atoms with Gasteiger partial charge in [-0.2, -0.15) is 9.82 Å². The van der Waals surface area contributed by atoms with Crippen molar-refractivity contribution in [2.75, 3.05) is 20.8 Å². The van der Waals surface area contributed by atoms with Crippen LogP contribution >= 0.6 is 0 Å². The van der Waals surface area contributed by atoms with Gasteiger partial charge in [-0.3, -0.25) is 9.48 Å². The molecule has 8 nitrogen and oxygen atoms in total. The Labute approximate surface area is 140 Å². The van der Waals surface area contributed by atoms with Crippen LogP contribution in [0.2, 0.25) is 0 Å². The van der Waals surface area contributed by atoms with E-state index < -0.39 is 16.1 Å². The number of carbonyl (C=O) groups excluding carboxylic acids is 1. The number of nitrogens with zero attached hydrogens (tertiary/aromatic N) is 2. The molecule has 1 aromatic carbocycles. The number of hydrogen-bond acceptors (Lipinski definition) is 5. The van der Waals surface area contributed by atoms with Gasteiger partial charge >= 0.3 is 0 Å². The second-order valence-corrected chi connectivity index (χ2v) is 6.83. The molecule has 24 heavy (non-hydrogen) atoms. The first kappa shape index (κ1) is 18.1. The second kappa shape index (κ2) is 7.56. The molecule has 1 amide bonds. The SMILES string of the molecule is CNC(=O)c1ccc(S(=O)(=O)NC(COC)c2ccnn2C)cc1. The molecular weight excluding hydrogens is 332 g/mol. The largest absolute Gasteiger partial charge is 0.383 e. The highest BCUT2D eigenvalue weighted by atomic mass is 32.2. The van der Waals surface area contributed by atoms with E-state index in [0.29, 0.717) is 11.3 Å². The molecule has 2 aromatic rings. The van der Waals surface area contributed by atoms with E-state index in [9.17, 15) is 13.2 Å². The summed E-state index contributed by atoms with van der Waals surface area (Å²) in [6, 6.07) is 6.85. The molecule has 0 aliphatic heterocycles. The van der Waals surface area contributed by atoms with E-state index >= 15 is 0 Å². The van der Waals surface area contributed by atoms with E-state index in [1.165, 1.54) is 38.4 Å². The first-order valence-corrected chi connectivity index (χ1v) is 8.68. The fourth-order valence-electron chi connectivity index (χ4n) is 2.26. The minimum absolute atomic E-state index is 0.0680. The van der Waals surface area contributed by atoms with Crippen LogP contribution in [0.15, 0.2) is 41.4 Å². The monoisotopic (exact) mass is 352 g/mol. The Bertz CT molecular complexity index is 799. The van der Waals surface area contributed by atoms with Gasteiger partial charge in [0.2, 0.25) is 10.0 Å². The third-order valence-electron chi connectivity index (χ3n) is 3.50. The molecule has 1 aromatic heterocycles. The number of sulfonamides is 1. The number of methoxy groups -OCH3 is 1. The van der Waals surface area contributed by atoms with Crippen LogP contribution < -0.4 is 10.0 Å². The molecule has 0 bridgehead atoms. The number of rotatable bonds is 7. The standard InChI is InChI=1S/C15H20N4O4S/c1-16-15(20)11-4-6-12(7-5-11)24(21,22)18-13(10-23-3)14-8-9-17-19(14)2/h4-9,13,18H,10H2,1-3H3,(H,16,20). The van der Waals surface area contributed by atoms with Crippen LogP contribution in [0, 0.1) is 0 Å². The number of hydrogen-bond donors (Lipinski definition) is 2. The Balaban J connectivity index is 2.25. The Morgan fingerprint density at radius 2 is 1.96 bits per heavy atom. The van der Waals surface area contributed by atoms with Crippen molar-refractivity contribution in [2.45, 2.75) is 10.9 Å². The summed E-state index contributed by atoms with van der Waals surface area (Å²) in [5, 5.41) is 6.53. The minimum Gasteiger partial charge on any atom is -0.383 e. The summed E-state index contributed by atoms with van der Waals surface area (Å²) in [5.74, 6) is -0.279. The van der Waals surface area contributed by atoms with Crippen molar-refractivity contribution in [3.63, 3.8) is 0 Å². The maximum absolute atomic E-state index is 12.6. The van der Waals surface area contributed by atoms with E-state index in [2.05, 4.69) is 15.1 Å². The number of aryl methyl sites for hydroxylation is 1. The Hall–Kier alpha value is -2.23. The van der Waals surface area contributed by atoms with Gasteiger partial charge in [0.05, 0.1) is 23.2 Å². The smallest absolute Gasteiger partial charge is 0.251 e. The van der Waals surface area contributed by atoms with Gasteiger partial charge in [0.25, 0.3) is 5.91 Å². The predicted octanol–water partition coefficient (Wildman–Crippen LogP) is 0.446. The fourth-order valence-corrected chi connectivity index (χ4v) is 3.45. The molecule has 0 aliphatic rings. The lowest BCUT2D eigenvalue weighted by Gasteiger charge is -2.18. The van der Waals surface area contributed by atoms with Gasteiger partial charge in [-0.1, -0.05) is 0 Å². The van der Waals surface area contributed by atoms with Crippen LogP contribution in [0.25, 0.3) is 0 Å². The topological polar surface area (TPSA) is 102 Å². The van der Waals surface area contributed by atoms with Gasteiger partial charge in [0.15, 0.2) is 0 Å². The third kappa shape index (κ3) is 3.99. The lowest BCUT2D eigenvalue weighted by atomic mass is 10.2. The molecule has 0 spiro atoms. The molecule has 9 heteroatoms. The molecule has 0 radical (unpaired) electrons. The lowest BCUT2D eigenvalue weighted by molar-refractivity contribution is 0.0963. The molecule has 1 heterocycles. The molecule has 0 saturated heterocycles. The number of nitrogens with one attached hydrogen (secondary N) is 2. The molecule has 1 unspecified atom stereocenters. The Morgan fingerprint density at radius 1 is 1.29 bits per heavy atom. The summed E-state index contributed by atoms with van der Waals surface area (Å²) in [6.07, 6.45) is 1.59. The number of ether oxygens (including phenoxy) is 1. The van der Waals surface area contributed by atoms with E-state index in [0.717, 1.165) is 0 Å². The van der Waals surface area contributed by atoms with Crippen molar-refractivity contribution in [3.05, 3.63) is 47.8 Å². The van der Waals surface area contributed by atoms with Crippen molar-refractivity contribution in [1.29, 1.82) is 0 Å². The normalized spacial score (nSPS) is 12.8. The van der Waals surface area contributed by atoms with Crippen molar-refractivity contribution in [3.8, 4) is 0 Å². The van der Waals surface area contributed by atoms with E-state index in [4.69, 9.17) is 4.74 Å². The van der Waals surface area contributed by atoms with E-state index in [1.807, 2.05) is 0 Å². The highest BCUT2D eigenvalue weighted by molar-refractivity contribution is 7.89. The molecule has 2 rings (SSSR count). The predicted molar refractivity (Wildman–Crippen MR) is 88.0 cm³/mol. The number of carbonyl (C=O) groups is 1. The van der Waals surface area contributed by atoms with Crippen LogP contribution in [0.5, 0.6) is 0 Å². The van der Waals surface area contributed by atoms with Crippen LogP contribution in [0.4, 0.5) is 0 Å². The van der Waals surface area contributed by atoms with E-state index in [-0.39, 0.29) is 17.4 Å². The van der Waals surface area contributed by atoms with E-state index in [1.54, 1.807) is 24.0 Å². The van der Waals surface area contributed by atoms with Crippen molar-refractivity contribution < 1.29 is 17.9 Å². The second-order valence-electron chi connectivity index (χ2n) is 5.11. The molecule has 0 saturated carbocycles. The molecule has 0 fully saturated rings. The zero-order valence-corrected chi connectivity index (χ0v) is 14.5. The van der Waals surface area contributed by atoms with Gasteiger partial charge < -0.3 is 10.1 Å². The first-order valence-electron chi connectivity index (χ1n) is 7.20. The summed E-state index contributed by atoms with van der Waals surface area (Å²) in [5.41, 5.74) is 1.07. The average molecular weight is 352 g/mol. The van der Waals surface area contributed by atoms with Gasteiger partial charge in [-0.15, -0.1) is 0 Å². The molecular formula is C15H20N4O4S. The first-order chi connectivity index (χ1) is 11.4. The molecule has 1 atom stereocenters. The van der Waals surface area contributed by atoms with Gasteiger partial charge in [0, 0.05) is 33.0 Å². The van der Waals surface area contributed by atoms with Crippen LogP contribution in [-0.4, -0.2) is 44.9 Å². The molecule has 0 aliphatic carbocycles. The highest BCUT2D eigenvalue weighted by Crippen LogP contribution is 2.17. The summed E-state index contributed by atoms with van der Waals surface area (Å²) >= 11 is 0. The summed E-state index contributed by atoms with van der Waals surface area (Å²) in [7, 11) is 0.958. The van der Waals surface area contributed by atoms with Crippen LogP contribution in [-0.2, 0) is 21.8 Å². The zero-order valence-electron chi connectivity index (χ0n) is 13.7. The number of aromatic nitrogens is 2. The maximum atomic E-state index is 12.6. The number of benzene rings is 1. The van der Waals surface area contributed by atoms with Crippen molar-refractivity contribution in [1.82, 2.24) is 19.8 Å². The average Bonchev–Trinajstić information content (AvgIpc) is 2.99. The van der Waals surface area contributed by atoms with Crippen molar-refractivity contribution in [2.24, 2.45) is 7.05 Å². The number of amides is 1. The highest BCUT2D eigenvalue weighted by Gasteiger charge is 2.23. The van der Waals surface area contributed by atoms with Gasteiger partial charge in [0.1, 0.15) is 0 Å². The van der Waals surface area contributed by atoms with Gasteiger partial charge in [-0.25, -0.2) is 8.42 Å². The Kier molecular flexibility index (Phi) is 5.71. The molecule has 130 valence electrons. The Morgan fingerprint density at radius 3 is 2.46 bits per heavy atom. The quantitative estimate of drug-likeness (QED) is 0.753. The third-order valence-corrected chi connectivity index (χ3v) is 4.99.